The van der Waals surface area contributed by atoms with Crippen LogP contribution in [0.4, 0.5) is 10.1 Å². The lowest BCUT2D eigenvalue weighted by molar-refractivity contribution is 0.243. The van der Waals surface area contributed by atoms with Gasteiger partial charge in [0.2, 0.25) is 0 Å². The van der Waals surface area contributed by atoms with Gasteiger partial charge < -0.3 is 5.32 Å². The lowest BCUT2D eigenvalue weighted by atomic mass is 9.79. The number of rotatable bonds is 2. The van der Waals surface area contributed by atoms with Gasteiger partial charge in [-0.15, -0.1) is 0 Å². The Morgan fingerprint density at radius 3 is 2.84 bits per heavy atom. The molecule has 0 spiro atoms. The van der Waals surface area contributed by atoms with E-state index in [1.165, 1.54) is 44.2 Å². The van der Waals surface area contributed by atoms with Crippen LogP contribution in [0.5, 0.6) is 0 Å². The van der Waals surface area contributed by atoms with Gasteiger partial charge in [-0.25, -0.2) is 4.39 Å². The van der Waals surface area contributed by atoms with Gasteiger partial charge in [0, 0.05) is 6.04 Å². The third-order valence-corrected chi connectivity index (χ3v) is 6.03. The quantitative estimate of drug-likeness (QED) is 0.826. The second-order valence-corrected chi connectivity index (χ2v) is 6.94. The van der Waals surface area contributed by atoms with E-state index in [0.29, 0.717) is 11.1 Å². The van der Waals surface area contributed by atoms with E-state index in [1.807, 2.05) is 0 Å². The SMILES string of the molecule is Fc1ccc(Cl)c(NC2CC3CC2C2CCCC32)c1. The first kappa shape index (κ1) is 12.0. The van der Waals surface area contributed by atoms with E-state index in [2.05, 4.69) is 5.32 Å². The Morgan fingerprint density at radius 2 is 1.95 bits per heavy atom. The molecule has 1 aromatic carbocycles. The fraction of sp³-hybridized carbons (Fsp3) is 0.625. The van der Waals surface area contributed by atoms with Crippen LogP contribution in [0.1, 0.15) is 32.1 Å². The smallest absolute Gasteiger partial charge is 0.125 e. The zero-order valence-corrected chi connectivity index (χ0v) is 11.7. The predicted octanol–water partition coefficient (Wildman–Crippen LogP) is 4.72. The summed E-state index contributed by atoms with van der Waals surface area (Å²) in [7, 11) is 0. The van der Waals surface area contributed by atoms with E-state index in [4.69, 9.17) is 11.6 Å². The molecular formula is C16H19ClFN. The fourth-order valence-corrected chi connectivity index (χ4v) is 5.21. The lowest BCUT2D eigenvalue weighted by Gasteiger charge is -2.32. The van der Waals surface area contributed by atoms with Gasteiger partial charge in [-0.05, 0) is 67.6 Å². The molecule has 5 atom stereocenters. The normalized spacial score (nSPS) is 39.6. The van der Waals surface area contributed by atoms with Crippen LogP contribution in [0.25, 0.3) is 0 Å². The van der Waals surface area contributed by atoms with Gasteiger partial charge >= 0.3 is 0 Å². The van der Waals surface area contributed by atoms with Crippen molar-refractivity contribution in [3.63, 3.8) is 0 Å². The van der Waals surface area contributed by atoms with Crippen LogP contribution in [0.15, 0.2) is 18.2 Å². The van der Waals surface area contributed by atoms with Gasteiger partial charge in [0.1, 0.15) is 5.82 Å². The van der Waals surface area contributed by atoms with E-state index in [9.17, 15) is 4.39 Å². The van der Waals surface area contributed by atoms with E-state index in [1.54, 1.807) is 6.07 Å². The summed E-state index contributed by atoms with van der Waals surface area (Å²) in [6.07, 6.45) is 6.88. The summed E-state index contributed by atoms with van der Waals surface area (Å²) in [6, 6.07) is 5.09. The van der Waals surface area contributed by atoms with E-state index >= 15 is 0 Å². The average Bonchev–Trinajstić information content (AvgIpc) is 3.05. The molecule has 0 aromatic heterocycles. The van der Waals surface area contributed by atoms with Crippen LogP contribution in [-0.4, -0.2) is 6.04 Å². The standard InChI is InChI=1S/C16H19ClFN/c17-14-5-4-10(18)8-16(14)19-15-7-9-6-13(15)12-3-1-2-11(9)12/h4-5,8-9,11-13,15,19H,1-3,6-7H2. The molecule has 3 heteroatoms. The highest BCUT2D eigenvalue weighted by Gasteiger charge is 2.53. The van der Waals surface area contributed by atoms with Crippen molar-refractivity contribution >= 4 is 17.3 Å². The lowest BCUT2D eigenvalue weighted by Crippen LogP contribution is -2.34. The molecular weight excluding hydrogens is 261 g/mol. The molecule has 2 bridgehead atoms. The number of fused-ring (bicyclic) bond motifs is 5. The summed E-state index contributed by atoms with van der Waals surface area (Å²) < 4.78 is 13.3. The largest absolute Gasteiger partial charge is 0.381 e. The van der Waals surface area contributed by atoms with Crippen molar-refractivity contribution in [2.75, 3.05) is 5.32 Å². The number of nitrogens with one attached hydrogen (secondary N) is 1. The number of benzene rings is 1. The minimum atomic E-state index is -0.214. The Balaban J connectivity index is 1.54. The zero-order chi connectivity index (χ0) is 13.0. The molecule has 0 aliphatic heterocycles. The van der Waals surface area contributed by atoms with Crippen LogP contribution < -0.4 is 5.32 Å². The minimum absolute atomic E-state index is 0.214. The molecule has 1 nitrogen and oxygen atoms in total. The molecule has 4 rings (SSSR count). The maximum atomic E-state index is 13.3. The molecule has 0 radical (unpaired) electrons. The molecule has 0 saturated heterocycles. The van der Waals surface area contributed by atoms with Crippen molar-refractivity contribution in [1.29, 1.82) is 0 Å². The summed E-state index contributed by atoms with van der Waals surface area (Å²) in [4.78, 5) is 0. The Hall–Kier alpha value is -0.760. The third-order valence-electron chi connectivity index (χ3n) is 5.70. The summed E-state index contributed by atoms with van der Waals surface area (Å²) in [5.41, 5.74) is 0.772. The Labute approximate surface area is 118 Å². The monoisotopic (exact) mass is 279 g/mol. The molecule has 1 aromatic rings. The van der Waals surface area contributed by atoms with Crippen LogP contribution >= 0.6 is 11.6 Å². The molecule has 3 aliphatic carbocycles. The number of halogens is 2. The number of hydrogen-bond acceptors (Lipinski definition) is 1. The topological polar surface area (TPSA) is 12.0 Å². The first-order valence-corrected chi connectivity index (χ1v) is 7.82. The van der Waals surface area contributed by atoms with Crippen molar-refractivity contribution in [3.8, 4) is 0 Å². The van der Waals surface area contributed by atoms with Gasteiger partial charge in [-0.2, -0.15) is 0 Å². The number of anilines is 1. The van der Waals surface area contributed by atoms with Crippen molar-refractivity contribution in [2.45, 2.75) is 38.1 Å². The van der Waals surface area contributed by atoms with Crippen LogP contribution in [0.3, 0.4) is 0 Å². The third kappa shape index (κ3) is 1.87. The van der Waals surface area contributed by atoms with Crippen LogP contribution in [-0.2, 0) is 0 Å². The van der Waals surface area contributed by atoms with Crippen molar-refractivity contribution in [3.05, 3.63) is 29.0 Å². The number of hydrogen-bond donors (Lipinski definition) is 1. The highest BCUT2D eigenvalue weighted by molar-refractivity contribution is 6.33. The van der Waals surface area contributed by atoms with Gasteiger partial charge in [0.15, 0.2) is 0 Å². The predicted molar refractivity (Wildman–Crippen MR) is 75.9 cm³/mol. The summed E-state index contributed by atoms with van der Waals surface area (Å²) in [6.45, 7) is 0. The molecule has 102 valence electrons. The molecule has 0 heterocycles. The summed E-state index contributed by atoms with van der Waals surface area (Å²) in [5.74, 6) is 3.39. The summed E-state index contributed by atoms with van der Waals surface area (Å²) >= 11 is 6.16. The Bertz CT molecular complexity index is 504. The van der Waals surface area contributed by atoms with Crippen LogP contribution in [0.2, 0.25) is 5.02 Å². The second-order valence-electron chi connectivity index (χ2n) is 6.53. The molecule has 3 fully saturated rings. The van der Waals surface area contributed by atoms with Gasteiger partial charge in [0.25, 0.3) is 0 Å². The van der Waals surface area contributed by atoms with Crippen LogP contribution in [0, 0.1) is 29.5 Å². The maximum Gasteiger partial charge on any atom is 0.125 e. The van der Waals surface area contributed by atoms with E-state index < -0.39 is 0 Å². The summed E-state index contributed by atoms with van der Waals surface area (Å²) in [5, 5.41) is 4.15. The average molecular weight is 280 g/mol. The molecule has 5 unspecified atom stereocenters. The second kappa shape index (κ2) is 4.37. The molecule has 0 amide bonds. The molecule has 3 saturated carbocycles. The minimum Gasteiger partial charge on any atom is -0.381 e. The Kier molecular flexibility index (Phi) is 2.77. The molecule has 3 aliphatic rings. The van der Waals surface area contributed by atoms with Gasteiger partial charge in [0.05, 0.1) is 10.7 Å². The van der Waals surface area contributed by atoms with Gasteiger partial charge in [-0.3, -0.25) is 0 Å². The first-order chi connectivity index (χ1) is 9.22. The highest BCUT2D eigenvalue weighted by atomic mass is 35.5. The molecule has 19 heavy (non-hydrogen) atoms. The van der Waals surface area contributed by atoms with E-state index in [-0.39, 0.29) is 5.82 Å². The van der Waals surface area contributed by atoms with Crippen molar-refractivity contribution in [2.24, 2.45) is 23.7 Å². The highest BCUT2D eigenvalue weighted by Crippen LogP contribution is 2.59. The Morgan fingerprint density at radius 1 is 1.11 bits per heavy atom. The first-order valence-electron chi connectivity index (χ1n) is 7.44. The maximum absolute atomic E-state index is 13.3. The van der Waals surface area contributed by atoms with Crippen molar-refractivity contribution in [1.82, 2.24) is 0 Å². The van der Waals surface area contributed by atoms with Crippen molar-refractivity contribution < 1.29 is 4.39 Å². The van der Waals surface area contributed by atoms with Gasteiger partial charge in [-0.1, -0.05) is 18.0 Å². The zero-order valence-electron chi connectivity index (χ0n) is 10.9. The molecule has 1 N–H and O–H groups in total. The van der Waals surface area contributed by atoms with E-state index in [0.717, 1.165) is 29.4 Å². The fourth-order valence-electron chi connectivity index (χ4n) is 5.04.